The van der Waals surface area contributed by atoms with Crippen LogP contribution in [0.25, 0.3) is 0 Å². The van der Waals surface area contributed by atoms with Crippen LogP contribution in [-0.2, 0) is 43.2 Å². The number of nitrogens with one attached hydrogen (secondary N) is 1. The summed E-state index contributed by atoms with van der Waals surface area (Å²) in [6.07, 6.45) is 0. The van der Waals surface area contributed by atoms with Gasteiger partial charge in [0, 0.05) is 30.3 Å². The maximum absolute atomic E-state index is 16.3. The maximum Gasteiger partial charge on any atom is 0.274 e. The van der Waals surface area contributed by atoms with Gasteiger partial charge in [-0.25, -0.2) is 0 Å². The molecule has 31 nitrogen and oxygen atoms in total. The minimum absolute atomic E-state index is 0.0191. The second kappa shape index (κ2) is 42.2. The molecule has 0 spiro atoms. The van der Waals surface area contributed by atoms with Gasteiger partial charge in [0.25, 0.3) is 22.7 Å². The summed E-state index contributed by atoms with van der Waals surface area (Å²) in [5, 5.41) is 54.7. The van der Waals surface area contributed by atoms with Crippen molar-refractivity contribution in [2.75, 3.05) is 58.9 Å². The van der Waals surface area contributed by atoms with E-state index in [9.17, 15) is 54.8 Å². The van der Waals surface area contributed by atoms with Gasteiger partial charge in [-0.05, 0) is 90.1 Å². The van der Waals surface area contributed by atoms with Crippen molar-refractivity contribution in [3.05, 3.63) is 339 Å². The number of nitrogens with two attached hydrogens (primary N) is 1. The summed E-state index contributed by atoms with van der Waals surface area (Å²) in [4.78, 5) is 197. The summed E-state index contributed by atoms with van der Waals surface area (Å²) in [5.41, 5.74) is 6.69. The largest absolute Gasteiger partial charge is 0.368 e. The Hall–Kier alpha value is -14.2. The lowest BCUT2D eigenvalue weighted by Crippen LogP contribution is -2.53. The molecular formula is C90H98N14O17. The zero-order chi connectivity index (χ0) is 87.9. The molecule has 0 radical (unpaired) electrons. The zero-order valence-corrected chi connectivity index (χ0v) is 68.6. The smallest absolute Gasteiger partial charge is 0.274 e. The van der Waals surface area contributed by atoms with E-state index in [2.05, 4.69) is 5.32 Å². The van der Waals surface area contributed by atoms with Crippen LogP contribution in [0.1, 0.15) is 167 Å². The van der Waals surface area contributed by atoms with Crippen molar-refractivity contribution in [2.24, 2.45) is 5.73 Å². The fourth-order valence-electron chi connectivity index (χ4n) is 14.9. The van der Waals surface area contributed by atoms with Crippen molar-refractivity contribution in [2.45, 2.75) is 117 Å². The Balaban J connectivity index is 1.13. The van der Waals surface area contributed by atoms with E-state index in [0.29, 0.717) is 22.3 Å². The Morgan fingerprint density at radius 1 is 0.256 bits per heavy atom. The Kier molecular flexibility index (Phi) is 31.7. The fourth-order valence-corrected chi connectivity index (χ4v) is 14.9. The van der Waals surface area contributed by atoms with E-state index in [4.69, 9.17) is 5.73 Å². The van der Waals surface area contributed by atoms with Crippen LogP contribution in [0.2, 0.25) is 0 Å². The third kappa shape index (κ3) is 23.0. The number of amides is 9. The monoisotopic (exact) mass is 1650 g/mol. The normalized spacial score (nSPS) is 13.3. The lowest BCUT2D eigenvalue weighted by Gasteiger charge is -2.39. The number of rotatable bonds is 40. The number of carbonyl (C=O) groups excluding carboxylic acids is 9. The fraction of sp³-hybridized carbons (Fsp3) is 0.300. The van der Waals surface area contributed by atoms with Gasteiger partial charge in [0.1, 0.15) is 45.8 Å². The van der Waals surface area contributed by atoms with Crippen molar-refractivity contribution in [3.63, 3.8) is 0 Å². The molecule has 0 aliphatic heterocycles. The average Bonchev–Trinajstić information content (AvgIpc) is 0.798. The summed E-state index contributed by atoms with van der Waals surface area (Å²) in [6, 6.07) is 55.3. The Bertz CT molecular complexity index is 5190. The quantitative estimate of drug-likeness (QED) is 0.0266. The van der Waals surface area contributed by atoms with Crippen LogP contribution in [0.4, 0.5) is 22.7 Å². The van der Waals surface area contributed by atoms with Gasteiger partial charge < -0.3 is 50.2 Å². The number of primary amides is 1. The van der Waals surface area contributed by atoms with Crippen LogP contribution >= 0.6 is 0 Å². The molecule has 0 aromatic heterocycles. The second-order valence-electron chi connectivity index (χ2n) is 29.5. The van der Waals surface area contributed by atoms with Crippen LogP contribution in [0, 0.1) is 40.5 Å². The van der Waals surface area contributed by atoms with Gasteiger partial charge in [-0.2, -0.15) is 0 Å². The summed E-state index contributed by atoms with van der Waals surface area (Å²) < 4.78 is 0. The first-order valence-corrected chi connectivity index (χ1v) is 39.3. The first-order valence-electron chi connectivity index (χ1n) is 39.3. The molecule has 9 rings (SSSR count). The molecule has 9 amide bonds. The minimum Gasteiger partial charge on any atom is -0.368 e. The van der Waals surface area contributed by atoms with Crippen LogP contribution in [0.15, 0.2) is 249 Å². The minimum atomic E-state index is -1.44. The standard InChI is InChI=1S/C90H98N14O17/c1-60(69-33-15-10-16-34-69)92-51-83(106)97(65(6)74-43-25-29-47-78(74)101(114)115)56-85(108)94(62(3)71-37-19-12-20-38-71)53-89(112)99(67(8)76-45-27-31-49-80(76)103(118)119)58-87(110)96(64(5)73-41-23-14-24-42-73)55-90(113)100(68(9)77-46-28-32-50-81(77)104(120)121)59-86(109)95(63(4)72-39-21-13-22-40-72)54-88(111)98(66(7)75-44-26-30-48-79(75)102(116)117)57-84(107)93(52-82(91)105)61(2)70-35-17-11-18-36-70/h10-50,60-68,92H,51-59H2,1-9H3,(H2,91,105)/t60-,61-,62-,63-,64-,65-,66-,67-,68-/m0/s1. The molecular weight excluding hydrogens is 1550 g/mol. The zero-order valence-electron chi connectivity index (χ0n) is 68.6. The van der Waals surface area contributed by atoms with Crippen molar-refractivity contribution >= 4 is 75.9 Å². The molecule has 9 aromatic rings. The maximum atomic E-state index is 16.3. The molecule has 3 N–H and O–H groups in total. The van der Waals surface area contributed by atoms with E-state index in [1.165, 1.54) is 119 Å². The number of nitro benzene ring substituents is 4. The third-order valence-corrected chi connectivity index (χ3v) is 22.1. The van der Waals surface area contributed by atoms with E-state index in [1.807, 2.05) is 37.3 Å². The Morgan fingerprint density at radius 2 is 0.430 bits per heavy atom. The molecule has 0 saturated carbocycles. The van der Waals surface area contributed by atoms with Gasteiger partial charge in [0.15, 0.2) is 0 Å². The molecule has 0 aliphatic carbocycles. The third-order valence-electron chi connectivity index (χ3n) is 22.1. The van der Waals surface area contributed by atoms with Crippen LogP contribution < -0.4 is 11.1 Å². The summed E-state index contributed by atoms with van der Waals surface area (Å²) in [6.45, 7) is 6.65. The molecule has 9 aromatic carbocycles. The summed E-state index contributed by atoms with van der Waals surface area (Å²) in [7, 11) is 0. The Labute approximate surface area is 700 Å². The summed E-state index contributed by atoms with van der Waals surface area (Å²) in [5.74, 6) is -8.19. The van der Waals surface area contributed by atoms with E-state index < -0.39 is 197 Å². The molecule has 0 fully saturated rings. The van der Waals surface area contributed by atoms with Crippen LogP contribution in [0.5, 0.6) is 0 Å². The van der Waals surface area contributed by atoms with Gasteiger partial charge >= 0.3 is 0 Å². The predicted octanol–water partition coefficient (Wildman–Crippen LogP) is 13.2. The predicted molar refractivity (Wildman–Crippen MR) is 451 cm³/mol. The van der Waals surface area contributed by atoms with Crippen molar-refractivity contribution < 1.29 is 62.8 Å². The molecule has 0 bridgehead atoms. The van der Waals surface area contributed by atoms with E-state index in [-0.39, 0.29) is 34.5 Å². The van der Waals surface area contributed by atoms with Crippen molar-refractivity contribution in [1.82, 2.24) is 44.5 Å². The number of benzene rings is 9. The lowest BCUT2D eigenvalue weighted by molar-refractivity contribution is -0.386. The molecule has 0 aliphatic rings. The van der Waals surface area contributed by atoms with Crippen molar-refractivity contribution in [3.8, 4) is 0 Å². The molecule has 630 valence electrons. The number of carbonyl (C=O) groups is 9. The van der Waals surface area contributed by atoms with E-state index >= 15 is 28.8 Å². The highest BCUT2D eigenvalue weighted by atomic mass is 16.6. The highest BCUT2D eigenvalue weighted by Gasteiger charge is 2.41. The van der Waals surface area contributed by atoms with E-state index in [1.54, 1.807) is 155 Å². The number of nitrogens with zero attached hydrogens (tertiary/aromatic N) is 12. The molecule has 0 heterocycles. The highest BCUT2D eigenvalue weighted by Crippen LogP contribution is 2.37. The topological polar surface area (TPSA) is 390 Å². The van der Waals surface area contributed by atoms with Gasteiger partial charge in [-0.3, -0.25) is 83.6 Å². The van der Waals surface area contributed by atoms with Crippen LogP contribution in [0.3, 0.4) is 0 Å². The molecule has 0 saturated heterocycles. The number of para-hydroxylation sites is 4. The molecule has 0 unspecified atom stereocenters. The SMILES string of the molecule is C[C@H](NCC(=O)N(CC(=O)N(CC(=O)N(CC(=O)N(CC(=O)N(CC(=O)N(CC(=O)N(CC(=O)N(CC(N)=O)[C@@H](C)c1ccccc1)[C@@H](C)c1ccccc1[N+](=O)[O-])[C@@H](C)c1ccccc1)[C@@H](C)c1ccccc1[N+](=O)[O-])[C@@H](C)c1ccccc1)[C@@H](C)c1ccccc1[N+](=O)[O-])[C@@H](C)c1ccccc1)[C@@H](C)c1ccccc1[N+](=O)[O-])c1ccccc1. The van der Waals surface area contributed by atoms with Gasteiger partial charge in [-0.15, -0.1) is 0 Å². The number of nitro groups is 4. The number of hydrogen-bond donors (Lipinski definition) is 2. The second-order valence-corrected chi connectivity index (χ2v) is 29.5. The first kappa shape index (κ1) is 90.7. The van der Waals surface area contributed by atoms with Gasteiger partial charge in [0.05, 0.1) is 103 Å². The first-order chi connectivity index (χ1) is 57.8. The number of hydrogen-bond acceptors (Lipinski definition) is 18. The average molecular weight is 1650 g/mol. The summed E-state index contributed by atoms with van der Waals surface area (Å²) >= 11 is 0. The van der Waals surface area contributed by atoms with Gasteiger partial charge in [-0.1, -0.05) is 224 Å². The Morgan fingerprint density at radius 3 is 0.636 bits per heavy atom. The van der Waals surface area contributed by atoms with Crippen molar-refractivity contribution in [1.29, 1.82) is 0 Å². The van der Waals surface area contributed by atoms with Crippen LogP contribution in [-0.4, -0.2) is 171 Å². The highest BCUT2D eigenvalue weighted by molar-refractivity contribution is 5.95. The molecule has 9 atom stereocenters. The molecule has 31 heteroatoms. The van der Waals surface area contributed by atoms with Gasteiger partial charge in [0.2, 0.25) is 53.2 Å². The lowest BCUT2D eigenvalue weighted by atomic mass is 10.0. The molecule has 121 heavy (non-hydrogen) atoms. The van der Waals surface area contributed by atoms with E-state index in [0.717, 1.165) is 44.8 Å².